The SMILES string of the molecule is CC(=O)C(F)C(=O)c1ccc([N+](=O)[O-])c([N+](=O)[O-])c1. The molecule has 9 heteroatoms. The maximum absolute atomic E-state index is 13.2. The van der Waals surface area contributed by atoms with E-state index in [1.54, 1.807) is 0 Å². The summed E-state index contributed by atoms with van der Waals surface area (Å²) in [7, 11) is 0. The first-order valence-electron chi connectivity index (χ1n) is 4.87. The number of ketones is 2. The molecule has 0 aliphatic rings. The van der Waals surface area contributed by atoms with E-state index in [1.807, 2.05) is 0 Å². The summed E-state index contributed by atoms with van der Waals surface area (Å²) in [4.78, 5) is 41.3. The van der Waals surface area contributed by atoms with Crippen LogP contribution in [0, 0.1) is 20.2 Å². The fourth-order valence-electron chi connectivity index (χ4n) is 1.31. The summed E-state index contributed by atoms with van der Waals surface area (Å²) in [6, 6.07) is 2.16. The fourth-order valence-corrected chi connectivity index (χ4v) is 1.31. The van der Waals surface area contributed by atoms with Gasteiger partial charge in [-0.1, -0.05) is 0 Å². The third-order valence-electron chi connectivity index (χ3n) is 2.24. The molecular formula is C10H7FN2O6. The molecule has 0 N–H and O–H groups in total. The van der Waals surface area contributed by atoms with E-state index in [0.29, 0.717) is 6.07 Å². The first kappa shape index (κ1) is 14.4. The Morgan fingerprint density at radius 3 is 2.11 bits per heavy atom. The third-order valence-corrected chi connectivity index (χ3v) is 2.24. The second-order valence-electron chi connectivity index (χ2n) is 3.56. The lowest BCUT2D eigenvalue weighted by Gasteiger charge is -2.03. The molecular weight excluding hydrogens is 263 g/mol. The van der Waals surface area contributed by atoms with E-state index in [2.05, 4.69) is 0 Å². The number of halogens is 1. The zero-order valence-electron chi connectivity index (χ0n) is 9.53. The summed E-state index contributed by atoms with van der Waals surface area (Å²) in [5, 5.41) is 21.2. The minimum atomic E-state index is -2.44. The van der Waals surface area contributed by atoms with Crippen molar-refractivity contribution in [3.8, 4) is 0 Å². The number of nitro groups is 2. The van der Waals surface area contributed by atoms with Gasteiger partial charge in [0.05, 0.1) is 9.85 Å². The summed E-state index contributed by atoms with van der Waals surface area (Å²) >= 11 is 0. The Morgan fingerprint density at radius 1 is 1.16 bits per heavy atom. The molecule has 0 saturated carbocycles. The van der Waals surface area contributed by atoms with Gasteiger partial charge < -0.3 is 0 Å². The lowest BCUT2D eigenvalue weighted by atomic mass is 10.0. The molecule has 0 fully saturated rings. The highest BCUT2D eigenvalue weighted by molar-refractivity contribution is 6.12. The van der Waals surface area contributed by atoms with Gasteiger partial charge in [0.1, 0.15) is 0 Å². The van der Waals surface area contributed by atoms with Crippen LogP contribution in [0.15, 0.2) is 18.2 Å². The number of hydrogen-bond acceptors (Lipinski definition) is 6. The number of benzene rings is 1. The van der Waals surface area contributed by atoms with E-state index in [1.165, 1.54) is 0 Å². The molecule has 0 amide bonds. The Morgan fingerprint density at radius 2 is 1.68 bits per heavy atom. The fraction of sp³-hybridized carbons (Fsp3) is 0.200. The quantitative estimate of drug-likeness (QED) is 0.347. The van der Waals surface area contributed by atoms with Crippen LogP contribution >= 0.6 is 0 Å². The normalized spacial score (nSPS) is 11.7. The molecule has 0 aliphatic heterocycles. The topological polar surface area (TPSA) is 120 Å². The van der Waals surface area contributed by atoms with Crippen molar-refractivity contribution in [2.75, 3.05) is 0 Å². The summed E-state index contributed by atoms with van der Waals surface area (Å²) in [5.41, 5.74) is -2.23. The van der Waals surface area contributed by atoms with E-state index in [9.17, 15) is 34.2 Å². The highest BCUT2D eigenvalue weighted by Crippen LogP contribution is 2.28. The van der Waals surface area contributed by atoms with Crippen LogP contribution in [-0.4, -0.2) is 27.6 Å². The Balaban J connectivity index is 3.30. The number of carbonyl (C=O) groups is 2. The van der Waals surface area contributed by atoms with Crippen LogP contribution < -0.4 is 0 Å². The lowest BCUT2D eigenvalue weighted by Crippen LogP contribution is -2.23. The smallest absolute Gasteiger partial charge is 0.296 e. The predicted molar refractivity (Wildman–Crippen MR) is 59.7 cm³/mol. The van der Waals surface area contributed by atoms with Gasteiger partial charge in [0.15, 0.2) is 5.78 Å². The van der Waals surface area contributed by atoms with Crippen molar-refractivity contribution < 1.29 is 23.8 Å². The molecule has 0 spiro atoms. The first-order valence-corrected chi connectivity index (χ1v) is 4.87. The Bertz CT molecular complexity index is 585. The largest absolute Gasteiger partial charge is 0.346 e. The molecule has 0 aromatic heterocycles. The molecule has 1 aromatic rings. The molecule has 8 nitrogen and oxygen atoms in total. The van der Waals surface area contributed by atoms with Crippen molar-refractivity contribution in [2.45, 2.75) is 13.1 Å². The minimum absolute atomic E-state index is 0.472. The van der Waals surface area contributed by atoms with Gasteiger partial charge in [0.2, 0.25) is 12.0 Å². The van der Waals surface area contributed by atoms with E-state index in [0.717, 1.165) is 19.1 Å². The average molecular weight is 270 g/mol. The maximum atomic E-state index is 13.2. The monoisotopic (exact) mass is 270 g/mol. The third kappa shape index (κ3) is 2.94. The molecule has 0 radical (unpaired) electrons. The summed E-state index contributed by atoms with van der Waals surface area (Å²) < 4.78 is 13.2. The Labute approximate surface area is 105 Å². The number of hydrogen-bond donors (Lipinski definition) is 0. The summed E-state index contributed by atoms with van der Waals surface area (Å²) in [5.74, 6) is -2.32. The van der Waals surface area contributed by atoms with Crippen molar-refractivity contribution in [3.05, 3.63) is 44.0 Å². The molecule has 0 saturated heterocycles. The van der Waals surface area contributed by atoms with E-state index in [4.69, 9.17) is 0 Å². The number of nitro benzene ring substituents is 2. The lowest BCUT2D eigenvalue weighted by molar-refractivity contribution is -0.422. The summed E-state index contributed by atoms with van der Waals surface area (Å²) in [6.45, 7) is 0.850. The molecule has 1 unspecified atom stereocenters. The van der Waals surface area contributed by atoms with Crippen LogP contribution in [0.4, 0.5) is 15.8 Å². The van der Waals surface area contributed by atoms with Gasteiger partial charge in [-0.15, -0.1) is 0 Å². The standard InChI is InChI=1S/C10H7FN2O6/c1-5(14)9(11)10(15)6-2-3-7(12(16)17)8(4-6)13(18)19/h2-4,9H,1H3. The van der Waals surface area contributed by atoms with E-state index in [-0.39, 0.29) is 0 Å². The summed E-state index contributed by atoms with van der Waals surface area (Å²) in [6.07, 6.45) is -2.44. The van der Waals surface area contributed by atoms with Gasteiger partial charge >= 0.3 is 11.4 Å². The van der Waals surface area contributed by atoms with Gasteiger partial charge in [-0.2, -0.15) is 0 Å². The second kappa shape index (κ2) is 5.29. The van der Waals surface area contributed by atoms with Crippen LogP contribution in [0.1, 0.15) is 17.3 Å². The number of rotatable bonds is 5. The molecule has 0 aliphatic carbocycles. The number of alkyl halides is 1. The van der Waals surface area contributed by atoms with Crippen molar-refractivity contribution in [1.29, 1.82) is 0 Å². The van der Waals surface area contributed by atoms with Gasteiger partial charge in [-0.05, 0) is 13.0 Å². The van der Waals surface area contributed by atoms with Crippen molar-refractivity contribution in [2.24, 2.45) is 0 Å². The highest BCUT2D eigenvalue weighted by Gasteiger charge is 2.29. The van der Waals surface area contributed by atoms with E-state index >= 15 is 0 Å². The van der Waals surface area contributed by atoms with Crippen molar-refractivity contribution in [1.82, 2.24) is 0 Å². The zero-order chi connectivity index (χ0) is 14.7. The minimum Gasteiger partial charge on any atom is -0.296 e. The number of nitrogens with zero attached hydrogens (tertiary/aromatic N) is 2. The first-order chi connectivity index (χ1) is 8.75. The van der Waals surface area contributed by atoms with Gasteiger partial charge in [0.25, 0.3) is 0 Å². The molecule has 1 aromatic carbocycles. The van der Waals surface area contributed by atoms with Crippen LogP contribution in [0.2, 0.25) is 0 Å². The average Bonchev–Trinajstić information content (AvgIpc) is 2.35. The van der Waals surface area contributed by atoms with Crippen LogP contribution in [0.3, 0.4) is 0 Å². The molecule has 1 atom stereocenters. The van der Waals surface area contributed by atoms with Crippen LogP contribution in [-0.2, 0) is 4.79 Å². The number of carbonyl (C=O) groups excluding carboxylic acids is 2. The zero-order valence-corrected chi connectivity index (χ0v) is 9.53. The Hall–Kier alpha value is -2.71. The molecule has 0 heterocycles. The molecule has 19 heavy (non-hydrogen) atoms. The highest BCUT2D eigenvalue weighted by atomic mass is 19.1. The molecule has 0 bridgehead atoms. The van der Waals surface area contributed by atoms with Crippen molar-refractivity contribution >= 4 is 22.9 Å². The second-order valence-corrected chi connectivity index (χ2v) is 3.56. The van der Waals surface area contributed by atoms with Gasteiger partial charge in [0, 0.05) is 17.7 Å². The predicted octanol–water partition coefficient (Wildman–Crippen LogP) is 1.61. The molecule has 100 valence electrons. The van der Waals surface area contributed by atoms with Gasteiger partial charge in [-0.3, -0.25) is 29.8 Å². The Kier molecular flexibility index (Phi) is 4.00. The van der Waals surface area contributed by atoms with Crippen LogP contribution in [0.25, 0.3) is 0 Å². The maximum Gasteiger partial charge on any atom is 0.346 e. The van der Waals surface area contributed by atoms with Crippen molar-refractivity contribution in [3.63, 3.8) is 0 Å². The van der Waals surface area contributed by atoms with E-state index < -0.39 is 44.5 Å². The molecule has 1 rings (SSSR count). The van der Waals surface area contributed by atoms with Gasteiger partial charge in [-0.25, -0.2) is 4.39 Å². The van der Waals surface area contributed by atoms with Crippen LogP contribution in [0.5, 0.6) is 0 Å². The number of Topliss-reactive ketones (excluding diaryl/α,β-unsaturated/α-hetero) is 2.